The molecule has 0 unspecified atom stereocenters. The first kappa shape index (κ1) is 14.5. The number of aromatic nitrogens is 2. The maximum atomic E-state index is 12.0. The van der Waals surface area contributed by atoms with Crippen LogP contribution in [0.3, 0.4) is 0 Å². The van der Waals surface area contributed by atoms with E-state index in [1.54, 1.807) is 24.3 Å². The first-order valence-electron chi connectivity index (χ1n) is 5.86. The third-order valence-corrected chi connectivity index (χ3v) is 3.53. The van der Waals surface area contributed by atoms with Gasteiger partial charge in [0.1, 0.15) is 5.56 Å². The van der Waals surface area contributed by atoms with Crippen LogP contribution < -0.4 is 11.2 Å². The molecule has 0 aliphatic carbocycles. The predicted molar refractivity (Wildman–Crippen MR) is 78.0 cm³/mol. The van der Waals surface area contributed by atoms with Crippen LogP contribution in [0.2, 0.25) is 0 Å². The third-order valence-electron chi connectivity index (χ3n) is 2.83. The summed E-state index contributed by atoms with van der Waals surface area (Å²) < 4.78 is 6.60. The average Bonchev–Trinajstić information content (AvgIpc) is 2.40. The Balaban J connectivity index is 2.68. The molecule has 0 radical (unpaired) electrons. The van der Waals surface area contributed by atoms with Crippen molar-refractivity contribution in [1.82, 2.24) is 9.55 Å². The molecular formula is C13H13BrN2O4. The molecule has 0 saturated carbocycles. The number of ether oxygens (including phenoxy) is 1. The Morgan fingerprint density at radius 2 is 2.05 bits per heavy atom. The summed E-state index contributed by atoms with van der Waals surface area (Å²) in [6, 6.07) is 6.96. The van der Waals surface area contributed by atoms with Gasteiger partial charge in [-0.2, -0.15) is 0 Å². The third kappa shape index (κ3) is 2.68. The molecule has 2 rings (SSSR count). The van der Waals surface area contributed by atoms with E-state index in [-0.39, 0.29) is 24.6 Å². The van der Waals surface area contributed by atoms with E-state index >= 15 is 0 Å². The molecule has 2 aromatic rings. The van der Waals surface area contributed by atoms with Crippen LogP contribution in [-0.4, -0.2) is 28.4 Å². The lowest BCUT2D eigenvalue weighted by atomic mass is 10.1. The maximum Gasteiger partial charge on any atom is 0.331 e. The zero-order valence-corrected chi connectivity index (χ0v) is 12.3. The molecule has 0 saturated heterocycles. The molecule has 1 aromatic carbocycles. The Kier molecular flexibility index (Phi) is 4.41. The van der Waals surface area contributed by atoms with Gasteiger partial charge in [-0.05, 0) is 6.07 Å². The highest BCUT2D eigenvalue weighted by molar-refractivity contribution is 9.10. The molecule has 7 heteroatoms. The number of aromatic amines is 1. The van der Waals surface area contributed by atoms with Gasteiger partial charge in [-0.3, -0.25) is 14.3 Å². The summed E-state index contributed by atoms with van der Waals surface area (Å²) in [5.74, 6) is -0.372. The first-order chi connectivity index (χ1) is 9.56. The smallest absolute Gasteiger partial charge is 0.331 e. The van der Waals surface area contributed by atoms with Crippen molar-refractivity contribution in [2.75, 3.05) is 13.7 Å². The molecule has 0 bridgehead atoms. The van der Waals surface area contributed by atoms with Crippen molar-refractivity contribution in [1.29, 1.82) is 0 Å². The van der Waals surface area contributed by atoms with Gasteiger partial charge < -0.3 is 9.84 Å². The fourth-order valence-corrected chi connectivity index (χ4v) is 2.34. The van der Waals surface area contributed by atoms with Crippen LogP contribution in [0.25, 0.3) is 11.1 Å². The number of aromatic hydroxyl groups is 1. The Morgan fingerprint density at radius 3 is 2.70 bits per heavy atom. The highest BCUT2D eigenvalue weighted by atomic mass is 79.9. The normalized spacial score (nSPS) is 10.7. The summed E-state index contributed by atoms with van der Waals surface area (Å²) in [7, 11) is 1.49. The molecule has 20 heavy (non-hydrogen) atoms. The Hall–Kier alpha value is -1.86. The molecule has 0 spiro atoms. The van der Waals surface area contributed by atoms with Gasteiger partial charge in [0.25, 0.3) is 5.56 Å². The Labute approximate surface area is 122 Å². The largest absolute Gasteiger partial charge is 0.494 e. The zero-order valence-electron chi connectivity index (χ0n) is 10.7. The number of nitrogens with zero attached hydrogens (tertiary/aromatic N) is 1. The van der Waals surface area contributed by atoms with E-state index in [9.17, 15) is 14.7 Å². The minimum absolute atomic E-state index is 0.0492. The molecule has 0 amide bonds. The van der Waals surface area contributed by atoms with Crippen LogP contribution >= 0.6 is 15.9 Å². The van der Waals surface area contributed by atoms with E-state index in [1.807, 2.05) is 0 Å². The second-order valence-corrected chi connectivity index (χ2v) is 4.94. The van der Waals surface area contributed by atoms with Crippen LogP contribution in [0, 0.1) is 0 Å². The molecular weight excluding hydrogens is 328 g/mol. The molecule has 1 aromatic heterocycles. The highest BCUT2D eigenvalue weighted by Crippen LogP contribution is 2.30. The van der Waals surface area contributed by atoms with E-state index < -0.39 is 11.2 Å². The number of nitrogens with one attached hydrogen (secondary N) is 1. The number of H-pyrrole nitrogens is 1. The lowest BCUT2D eigenvalue weighted by Gasteiger charge is -2.11. The van der Waals surface area contributed by atoms with E-state index in [1.165, 1.54) is 7.11 Å². The first-order valence-corrected chi connectivity index (χ1v) is 6.65. The molecule has 1 heterocycles. The van der Waals surface area contributed by atoms with Gasteiger partial charge in [-0.25, -0.2) is 4.79 Å². The van der Waals surface area contributed by atoms with Crippen molar-refractivity contribution in [2.24, 2.45) is 0 Å². The van der Waals surface area contributed by atoms with Gasteiger partial charge in [0.15, 0.2) is 0 Å². The number of halogens is 1. The Bertz CT molecular complexity index is 736. The highest BCUT2D eigenvalue weighted by Gasteiger charge is 2.17. The van der Waals surface area contributed by atoms with Crippen LogP contribution in [-0.2, 0) is 11.3 Å². The second-order valence-electron chi connectivity index (χ2n) is 4.08. The number of rotatable bonds is 4. The number of hydrogen-bond donors (Lipinski definition) is 2. The van der Waals surface area contributed by atoms with Gasteiger partial charge in [0.2, 0.25) is 5.88 Å². The standard InChI is InChI=1S/C13H13BrN2O4/c1-20-7-6-16-12(18)10(11(17)15-13(16)19)8-4-2-3-5-9(8)14/h2-5,18H,6-7H2,1H3,(H,15,17,19). The van der Waals surface area contributed by atoms with Crippen molar-refractivity contribution >= 4 is 15.9 Å². The van der Waals surface area contributed by atoms with Gasteiger partial charge in [-0.15, -0.1) is 0 Å². The van der Waals surface area contributed by atoms with E-state index in [0.717, 1.165) is 4.57 Å². The summed E-state index contributed by atoms with van der Waals surface area (Å²) in [5.41, 5.74) is -0.737. The van der Waals surface area contributed by atoms with Crippen LogP contribution in [0.15, 0.2) is 38.3 Å². The number of methoxy groups -OCH3 is 1. The van der Waals surface area contributed by atoms with E-state index in [2.05, 4.69) is 20.9 Å². The lowest BCUT2D eigenvalue weighted by molar-refractivity contribution is 0.182. The van der Waals surface area contributed by atoms with E-state index in [0.29, 0.717) is 10.0 Å². The van der Waals surface area contributed by atoms with Crippen molar-refractivity contribution in [3.8, 4) is 17.0 Å². The molecule has 0 atom stereocenters. The Morgan fingerprint density at radius 1 is 1.35 bits per heavy atom. The zero-order chi connectivity index (χ0) is 14.7. The molecule has 6 nitrogen and oxygen atoms in total. The van der Waals surface area contributed by atoms with Gasteiger partial charge in [0.05, 0.1) is 13.2 Å². The van der Waals surface area contributed by atoms with Crippen LogP contribution in [0.5, 0.6) is 5.88 Å². The average molecular weight is 341 g/mol. The van der Waals surface area contributed by atoms with Crippen LogP contribution in [0.4, 0.5) is 0 Å². The molecule has 0 fully saturated rings. The fourth-order valence-electron chi connectivity index (χ4n) is 1.86. The van der Waals surface area contributed by atoms with E-state index in [4.69, 9.17) is 4.74 Å². The SMILES string of the molecule is COCCn1c(O)c(-c2ccccc2Br)c(=O)[nH]c1=O. The monoisotopic (exact) mass is 340 g/mol. The van der Waals surface area contributed by atoms with Gasteiger partial charge in [-0.1, -0.05) is 34.1 Å². The predicted octanol–water partition coefficient (Wildman–Crippen LogP) is 1.32. The van der Waals surface area contributed by atoms with Gasteiger partial charge >= 0.3 is 5.69 Å². The molecule has 2 N–H and O–H groups in total. The summed E-state index contributed by atoms with van der Waals surface area (Å²) in [6.07, 6.45) is 0. The quantitative estimate of drug-likeness (QED) is 0.879. The maximum absolute atomic E-state index is 12.0. The molecule has 0 aliphatic rings. The van der Waals surface area contributed by atoms with Crippen LogP contribution in [0.1, 0.15) is 0 Å². The lowest BCUT2D eigenvalue weighted by Crippen LogP contribution is -2.32. The van der Waals surface area contributed by atoms with Crippen molar-refractivity contribution in [3.63, 3.8) is 0 Å². The number of hydrogen-bond acceptors (Lipinski definition) is 4. The molecule has 0 aliphatic heterocycles. The minimum atomic E-state index is -0.666. The summed E-state index contributed by atoms with van der Waals surface area (Å²) in [5, 5.41) is 10.2. The topological polar surface area (TPSA) is 84.3 Å². The van der Waals surface area contributed by atoms with Crippen molar-refractivity contribution in [3.05, 3.63) is 49.6 Å². The van der Waals surface area contributed by atoms with Gasteiger partial charge in [0, 0.05) is 17.1 Å². The fraction of sp³-hybridized carbons (Fsp3) is 0.231. The molecule has 106 valence electrons. The van der Waals surface area contributed by atoms with Crippen molar-refractivity contribution in [2.45, 2.75) is 6.54 Å². The summed E-state index contributed by atoms with van der Waals surface area (Å²) in [6.45, 7) is 0.393. The summed E-state index contributed by atoms with van der Waals surface area (Å²) in [4.78, 5) is 25.9. The second kappa shape index (κ2) is 6.06. The number of benzene rings is 1. The summed E-state index contributed by atoms with van der Waals surface area (Å²) >= 11 is 3.32. The van der Waals surface area contributed by atoms with Crippen molar-refractivity contribution < 1.29 is 9.84 Å². The minimum Gasteiger partial charge on any atom is -0.494 e.